The van der Waals surface area contributed by atoms with E-state index in [1.807, 2.05) is 42.5 Å². The highest BCUT2D eigenvalue weighted by atomic mass is 19.1. The number of nitrogens with one attached hydrogen (secondary N) is 1. The maximum atomic E-state index is 13.4. The first-order valence-corrected chi connectivity index (χ1v) is 10.4. The molecule has 2 aromatic carbocycles. The van der Waals surface area contributed by atoms with E-state index in [1.165, 1.54) is 17.7 Å². The van der Waals surface area contributed by atoms with Crippen LogP contribution in [0, 0.1) is 5.82 Å². The fourth-order valence-corrected chi connectivity index (χ4v) is 3.64. The van der Waals surface area contributed by atoms with E-state index < -0.39 is 11.7 Å². The van der Waals surface area contributed by atoms with Crippen molar-refractivity contribution in [2.75, 3.05) is 5.32 Å². The van der Waals surface area contributed by atoms with Gasteiger partial charge in [-0.2, -0.15) is 0 Å². The van der Waals surface area contributed by atoms with Crippen LogP contribution in [0.5, 0.6) is 0 Å². The van der Waals surface area contributed by atoms with Gasteiger partial charge in [-0.15, -0.1) is 0 Å². The number of Topliss-reactive ketones (excluding diaryl/α,β-unsaturated/α-hetero) is 1. The van der Waals surface area contributed by atoms with Gasteiger partial charge in [0.05, 0.1) is 0 Å². The quantitative estimate of drug-likeness (QED) is 0.302. The number of unbranched alkanes of at least 4 members (excludes halogenated alkanes) is 1. The predicted molar refractivity (Wildman–Crippen MR) is 121 cm³/mol. The average molecular weight is 414 g/mol. The SMILES string of the molecule is CCCCc1ccc(NC(=O)C(=O)c2c(-c3ccc(F)cc3)cc3ccccn23)cc1. The molecule has 0 aliphatic rings. The lowest BCUT2D eigenvalue weighted by Gasteiger charge is -2.08. The van der Waals surface area contributed by atoms with Crippen LogP contribution in [-0.2, 0) is 11.2 Å². The first-order valence-electron chi connectivity index (χ1n) is 10.4. The molecule has 5 heteroatoms. The Morgan fingerprint density at radius 2 is 1.71 bits per heavy atom. The van der Waals surface area contributed by atoms with Gasteiger partial charge >= 0.3 is 0 Å². The summed E-state index contributed by atoms with van der Waals surface area (Å²) in [6.45, 7) is 2.14. The second-order valence-electron chi connectivity index (χ2n) is 7.49. The molecule has 1 amide bonds. The van der Waals surface area contributed by atoms with Gasteiger partial charge < -0.3 is 9.72 Å². The number of anilines is 1. The molecular weight excluding hydrogens is 391 g/mol. The van der Waals surface area contributed by atoms with Gasteiger partial charge in [-0.3, -0.25) is 9.59 Å². The van der Waals surface area contributed by atoms with E-state index in [-0.39, 0.29) is 11.5 Å². The van der Waals surface area contributed by atoms with Crippen LogP contribution >= 0.6 is 0 Å². The number of carbonyl (C=O) groups excluding carboxylic acids is 2. The molecule has 0 radical (unpaired) electrons. The number of fused-ring (bicyclic) bond motifs is 1. The number of benzene rings is 2. The highest BCUT2D eigenvalue weighted by Crippen LogP contribution is 2.29. The zero-order valence-corrected chi connectivity index (χ0v) is 17.3. The van der Waals surface area contributed by atoms with E-state index in [1.54, 1.807) is 28.8 Å². The van der Waals surface area contributed by atoms with Crippen molar-refractivity contribution in [3.8, 4) is 11.1 Å². The number of ketones is 1. The van der Waals surface area contributed by atoms with E-state index in [2.05, 4.69) is 12.2 Å². The Morgan fingerprint density at radius 1 is 0.968 bits per heavy atom. The number of rotatable bonds is 7. The lowest BCUT2D eigenvalue weighted by Crippen LogP contribution is -2.24. The van der Waals surface area contributed by atoms with Gasteiger partial charge in [0, 0.05) is 23.0 Å². The Labute approximate surface area is 180 Å². The summed E-state index contributed by atoms with van der Waals surface area (Å²) in [5.74, 6) is -1.73. The summed E-state index contributed by atoms with van der Waals surface area (Å²) in [7, 11) is 0. The Hall–Kier alpha value is -3.73. The topological polar surface area (TPSA) is 50.6 Å². The highest BCUT2D eigenvalue weighted by molar-refractivity contribution is 6.47. The summed E-state index contributed by atoms with van der Waals surface area (Å²) in [6, 6.07) is 20.8. The molecule has 0 spiro atoms. The standard InChI is InChI=1S/C26H23FN2O2/c1-2-3-6-18-8-14-21(15-9-18)28-26(31)25(30)24-23(19-10-12-20(27)13-11-19)17-22-7-4-5-16-29(22)24/h4-5,7-17H,2-3,6H2,1H3,(H,28,31). The molecule has 0 atom stereocenters. The largest absolute Gasteiger partial charge is 0.319 e. The third-order valence-corrected chi connectivity index (χ3v) is 5.29. The van der Waals surface area contributed by atoms with Gasteiger partial charge in [-0.25, -0.2) is 4.39 Å². The number of hydrogen-bond acceptors (Lipinski definition) is 2. The van der Waals surface area contributed by atoms with E-state index >= 15 is 0 Å². The normalized spacial score (nSPS) is 10.9. The molecule has 4 rings (SSSR count). The van der Waals surface area contributed by atoms with Crippen LogP contribution in [0.15, 0.2) is 79.0 Å². The molecular formula is C26H23FN2O2. The molecule has 0 aliphatic carbocycles. The van der Waals surface area contributed by atoms with Gasteiger partial charge in [-0.05, 0) is 66.4 Å². The fraction of sp³-hybridized carbons (Fsp3) is 0.154. The minimum Gasteiger partial charge on any atom is -0.319 e. The Kier molecular flexibility index (Phi) is 5.94. The van der Waals surface area contributed by atoms with Gasteiger partial charge in [0.1, 0.15) is 11.5 Å². The smallest absolute Gasteiger partial charge is 0.298 e. The molecule has 0 saturated carbocycles. The van der Waals surface area contributed by atoms with Crippen LogP contribution in [-0.4, -0.2) is 16.1 Å². The van der Waals surface area contributed by atoms with Crippen LogP contribution in [0.4, 0.5) is 10.1 Å². The lowest BCUT2D eigenvalue weighted by molar-refractivity contribution is -0.112. The van der Waals surface area contributed by atoms with Crippen LogP contribution < -0.4 is 5.32 Å². The molecule has 31 heavy (non-hydrogen) atoms. The minimum atomic E-state index is -0.714. The van der Waals surface area contributed by atoms with Crippen molar-refractivity contribution in [2.45, 2.75) is 26.2 Å². The average Bonchev–Trinajstić information content (AvgIpc) is 3.18. The van der Waals surface area contributed by atoms with E-state index in [0.29, 0.717) is 16.8 Å². The van der Waals surface area contributed by atoms with E-state index in [0.717, 1.165) is 24.8 Å². The second kappa shape index (κ2) is 8.96. The molecule has 2 heterocycles. The third-order valence-electron chi connectivity index (χ3n) is 5.29. The summed E-state index contributed by atoms with van der Waals surface area (Å²) in [5, 5.41) is 2.70. The molecule has 4 aromatic rings. The summed E-state index contributed by atoms with van der Waals surface area (Å²) < 4.78 is 15.1. The van der Waals surface area contributed by atoms with E-state index in [4.69, 9.17) is 0 Å². The van der Waals surface area contributed by atoms with Crippen molar-refractivity contribution in [1.29, 1.82) is 0 Å². The molecule has 0 aliphatic heterocycles. The van der Waals surface area contributed by atoms with Crippen molar-refractivity contribution >= 4 is 22.9 Å². The fourth-order valence-electron chi connectivity index (χ4n) is 3.64. The summed E-state index contributed by atoms with van der Waals surface area (Å²) in [5.41, 5.74) is 4.05. The summed E-state index contributed by atoms with van der Waals surface area (Å²) in [4.78, 5) is 26.0. The Balaban J connectivity index is 1.64. The molecule has 0 fully saturated rings. The molecule has 2 aromatic heterocycles. The van der Waals surface area contributed by atoms with E-state index in [9.17, 15) is 14.0 Å². The molecule has 0 unspecified atom stereocenters. The van der Waals surface area contributed by atoms with Crippen molar-refractivity contribution in [2.24, 2.45) is 0 Å². The number of aryl methyl sites for hydroxylation is 1. The third kappa shape index (κ3) is 4.40. The van der Waals surface area contributed by atoms with Crippen LogP contribution in [0.25, 0.3) is 16.6 Å². The highest BCUT2D eigenvalue weighted by Gasteiger charge is 2.24. The second-order valence-corrected chi connectivity index (χ2v) is 7.49. The Bertz CT molecular complexity index is 1220. The zero-order valence-electron chi connectivity index (χ0n) is 17.3. The summed E-state index contributed by atoms with van der Waals surface area (Å²) >= 11 is 0. The maximum Gasteiger partial charge on any atom is 0.298 e. The van der Waals surface area contributed by atoms with Crippen LogP contribution in [0.3, 0.4) is 0 Å². The molecule has 1 N–H and O–H groups in total. The Morgan fingerprint density at radius 3 is 2.42 bits per heavy atom. The number of pyridine rings is 1. The monoisotopic (exact) mass is 414 g/mol. The predicted octanol–water partition coefficient (Wildman–Crippen LogP) is 5.91. The maximum absolute atomic E-state index is 13.4. The summed E-state index contributed by atoms with van der Waals surface area (Å²) in [6.07, 6.45) is 4.96. The minimum absolute atomic E-state index is 0.249. The van der Waals surface area contributed by atoms with Crippen molar-refractivity contribution in [1.82, 2.24) is 4.40 Å². The lowest BCUT2D eigenvalue weighted by atomic mass is 10.0. The number of hydrogen-bond donors (Lipinski definition) is 1. The van der Waals surface area contributed by atoms with Gasteiger partial charge in [0.15, 0.2) is 0 Å². The zero-order chi connectivity index (χ0) is 21.8. The number of aromatic nitrogens is 1. The van der Waals surface area contributed by atoms with Crippen molar-refractivity contribution in [3.05, 3.63) is 96.1 Å². The number of halogens is 1. The number of nitrogens with zero attached hydrogens (tertiary/aromatic N) is 1. The van der Waals surface area contributed by atoms with Gasteiger partial charge in [0.2, 0.25) is 0 Å². The van der Waals surface area contributed by atoms with Crippen LogP contribution in [0.1, 0.15) is 35.8 Å². The molecule has 4 nitrogen and oxygen atoms in total. The molecule has 156 valence electrons. The van der Waals surface area contributed by atoms with Gasteiger partial charge in [-0.1, -0.05) is 43.7 Å². The number of carbonyl (C=O) groups is 2. The van der Waals surface area contributed by atoms with Crippen LogP contribution in [0.2, 0.25) is 0 Å². The van der Waals surface area contributed by atoms with Gasteiger partial charge in [0.25, 0.3) is 11.7 Å². The first kappa shape index (κ1) is 20.5. The molecule has 0 bridgehead atoms. The van der Waals surface area contributed by atoms with Crippen molar-refractivity contribution < 1.29 is 14.0 Å². The molecule has 0 saturated heterocycles. The van der Waals surface area contributed by atoms with Crippen molar-refractivity contribution in [3.63, 3.8) is 0 Å². The first-order chi connectivity index (χ1) is 15.1. The number of amides is 1.